The van der Waals surface area contributed by atoms with Gasteiger partial charge in [-0.05, 0) is 38.3 Å². The van der Waals surface area contributed by atoms with Crippen molar-refractivity contribution in [2.45, 2.75) is 45.8 Å². The fraction of sp³-hybridized carbons (Fsp3) is 0.571. The van der Waals surface area contributed by atoms with E-state index in [1.165, 1.54) is 5.56 Å². The molecule has 0 aliphatic carbocycles. The van der Waals surface area contributed by atoms with Crippen LogP contribution >= 0.6 is 0 Å². The summed E-state index contributed by atoms with van der Waals surface area (Å²) in [4.78, 5) is 0. The molecule has 1 nitrogen and oxygen atoms in total. The highest BCUT2D eigenvalue weighted by molar-refractivity contribution is 5.24. The van der Waals surface area contributed by atoms with E-state index >= 15 is 0 Å². The first-order valence-corrected chi connectivity index (χ1v) is 5.90. The number of hydrogen-bond donors (Lipinski definition) is 1. The maximum atomic E-state index is 13.8. The van der Waals surface area contributed by atoms with Crippen molar-refractivity contribution in [2.75, 3.05) is 6.54 Å². The molecule has 1 N–H and O–H groups in total. The van der Waals surface area contributed by atoms with E-state index in [1.54, 1.807) is 0 Å². The van der Waals surface area contributed by atoms with E-state index in [4.69, 9.17) is 0 Å². The van der Waals surface area contributed by atoms with Gasteiger partial charge in [-0.1, -0.05) is 31.2 Å². The van der Waals surface area contributed by atoms with Crippen LogP contribution in [0, 0.1) is 0 Å². The van der Waals surface area contributed by atoms with Crippen molar-refractivity contribution in [1.29, 1.82) is 0 Å². The smallest absolute Gasteiger partial charge is 0.138 e. The number of alkyl halides is 1. The van der Waals surface area contributed by atoms with Gasteiger partial charge in [0.2, 0.25) is 0 Å². The van der Waals surface area contributed by atoms with E-state index in [-0.39, 0.29) is 5.54 Å². The first kappa shape index (κ1) is 13.2. The van der Waals surface area contributed by atoms with Crippen molar-refractivity contribution in [3.8, 4) is 0 Å². The van der Waals surface area contributed by atoms with E-state index in [2.05, 4.69) is 12.2 Å². The molecule has 1 unspecified atom stereocenters. The van der Waals surface area contributed by atoms with Crippen LogP contribution in [0.15, 0.2) is 24.3 Å². The van der Waals surface area contributed by atoms with Crippen LogP contribution in [0.25, 0.3) is 0 Å². The Kier molecular flexibility index (Phi) is 4.48. The van der Waals surface area contributed by atoms with Crippen molar-refractivity contribution in [3.05, 3.63) is 35.4 Å². The Morgan fingerprint density at radius 1 is 1.19 bits per heavy atom. The summed E-state index contributed by atoms with van der Waals surface area (Å²) in [6.07, 6.45) is 0.0717. The maximum Gasteiger partial charge on any atom is 0.138 e. The zero-order valence-electron chi connectivity index (χ0n) is 10.7. The molecule has 1 aromatic rings. The molecule has 2 heteroatoms. The highest BCUT2D eigenvalue weighted by Gasteiger charge is 2.14. The van der Waals surface area contributed by atoms with Crippen LogP contribution in [0.5, 0.6) is 0 Å². The van der Waals surface area contributed by atoms with Gasteiger partial charge < -0.3 is 5.32 Å². The fourth-order valence-electron chi connectivity index (χ4n) is 1.48. The lowest BCUT2D eigenvalue weighted by Crippen LogP contribution is -2.37. The zero-order chi connectivity index (χ0) is 12.2. The van der Waals surface area contributed by atoms with Gasteiger partial charge in [0.1, 0.15) is 6.17 Å². The van der Waals surface area contributed by atoms with Gasteiger partial charge in [0, 0.05) is 12.1 Å². The van der Waals surface area contributed by atoms with Crippen LogP contribution in [-0.2, 0) is 6.42 Å². The molecule has 0 saturated carbocycles. The van der Waals surface area contributed by atoms with E-state index in [0.717, 1.165) is 12.0 Å². The molecule has 0 aliphatic rings. The molecule has 1 aromatic carbocycles. The standard InChI is InChI=1S/C14H22FN/c1-5-11-6-8-12(9-7-11)13(15)10-16-14(2,3)4/h6-9,13,16H,5,10H2,1-4H3. The Morgan fingerprint density at radius 3 is 2.19 bits per heavy atom. The third-order valence-electron chi connectivity index (χ3n) is 2.56. The number of nitrogens with one attached hydrogen (secondary N) is 1. The predicted molar refractivity (Wildman–Crippen MR) is 67.4 cm³/mol. The fourth-order valence-corrected chi connectivity index (χ4v) is 1.48. The Bertz CT molecular complexity index is 311. The molecule has 0 radical (unpaired) electrons. The normalized spacial score (nSPS) is 13.8. The summed E-state index contributed by atoms with van der Waals surface area (Å²) in [5, 5.41) is 3.17. The molecule has 0 aliphatic heterocycles. The topological polar surface area (TPSA) is 12.0 Å². The highest BCUT2D eigenvalue weighted by atomic mass is 19.1. The van der Waals surface area contributed by atoms with Crippen molar-refractivity contribution in [2.24, 2.45) is 0 Å². The second-order valence-electron chi connectivity index (χ2n) is 5.19. The van der Waals surface area contributed by atoms with E-state index in [9.17, 15) is 4.39 Å². The van der Waals surface area contributed by atoms with Gasteiger partial charge in [-0.2, -0.15) is 0 Å². The SMILES string of the molecule is CCc1ccc(C(F)CNC(C)(C)C)cc1. The van der Waals surface area contributed by atoms with Gasteiger partial charge in [0.05, 0.1) is 0 Å². The molecule has 0 bridgehead atoms. The molecule has 0 amide bonds. The number of rotatable bonds is 4. The monoisotopic (exact) mass is 223 g/mol. The molecule has 0 saturated heterocycles. The number of benzene rings is 1. The summed E-state index contributed by atoms with van der Waals surface area (Å²) < 4.78 is 13.8. The Labute approximate surface area is 98.1 Å². The zero-order valence-corrected chi connectivity index (χ0v) is 10.7. The van der Waals surface area contributed by atoms with Crippen molar-refractivity contribution in [3.63, 3.8) is 0 Å². The van der Waals surface area contributed by atoms with E-state index < -0.39 is 6.17 Å². The van der Waals surface area contributed by atoms with Crippen molar-refractivity contribution < 1.29 is 4.39 Å². The van der Waals surface area contributed by atoms with Crippen LogP contribution < -0.4 is 5.32 Å². The second-order valence-corrected chi connectivity index (χ2v) is 5.19. The molecule has 1 atom stereocenters. The van der Waals surface area contributed by atoms with Crippen LogP contribution in [-0.4, -0.2) is 12.1 Å². The van der Waals surface area contributed by atoms with Gasteiger partial charge in [0.25, 0.3) is 0 Å². The average Bonchev–Trinajstić information content (AvgIpc) is 2.25. The van der Waals surface area contributed by atoms with Gasteiger partial charge in [-0.15, -0.1) is 0 Å². The van der Waals surface area contributed by atoms with Gasteiger partial charge in [0.15, 0.2) is 0 Å². The number of hydrogen-bond acceptors (Lipinski definition) is 1. The average molecular weight is 223 g/mol. The molecule has 0 heterocycles. The third kappa shape index (κ3) is 4.31. The first-order valence-electron chi connectivity index (χ1n) is 5.90. The Balaban J connectivity index is 2.56. The van der Waals surface area contributed by atoms with Crippen molar-refractivity contribution >= 4 is 0 Å². The summed E-state index contributed by atoms with van der Waals surface area (Å²) in [6.45, 7) is 8.60. The minimum absolute atomic E-state index is 0.0340. The van der Waals surface area contributed by atoms with Crippen LogP contribution in [0.1, 0.15) is 45.0 Å². The summed E-state index contributed by atoms with van der Waals surface area (Å²) in [7, 11) is 0. The molecule has 1 rings (SSSR count). The largest absolute Gasteiger partial charge is 0.309 e. The number of halogens is 1. The molecule has 0 aromatic heterocycles. The molecular weight excluding hydrogens is 201 g/mol. The van der Waals surface area contributed by atoms with Gasteiger partial charge in [-0.25, -0.2) is 4.39 Å². The molecule has 16 heavy (non-hydrogen) atoms. The lowest BCUT2D eigenvalue weighted by atomic mass is 10.0. The molecule has 90 valence electrons. The minimum Gasteiger partial charge on any atom is -0.309 e. The Hall–Kier alpha value is -0.890. The van der Waals surface area contributed by atoms with Crippen LogP contribution in [0.4, 0.5) is 4.39 Å². The quantitative estimate of drug-likeness (QED) is 0.821. The first-order chi connectivity index (χ1) is 7.42. The molecule has 0 spiro atoms. The lowest BCUT2D eigenvalue weighted by Gasteiger charge is -2.22. The third-order valence-corrected chi connectivity index (χ3v) is 2.56. The summed E-state index contributed by atoms with van der Waals surface area (Å²) in [5.74, 6) is 0. The van der Waals surface area contributed by atoms with E-state index in [1.807, 2.05) is 45.0 Å². The lowest BCUT2D eigenvalue weighted by molar-refractivity contribution is 0.291. The Morgan fingerprint density at radius 2 is 1.75 bits per heavy atom. The van der Waals surface area contributed by atoms with E-state index in [0.29, 0.717) is 6.54 Å². The summed E-state index contributed by atoms with van der Waals surface area (Å²) >= 11 is 0. The number of aryl methyl sites for hydroxylation is 1. The van der Waals surface area contributed by atoms with Gasteiger partial charge in [-0.3, -0.25) is 0 Å². The highest BCUT2D eigenvalue weighted by Crippen LogP contribution is 2.18. The second kappa shape index (κ2) is 5.44. The summed E-state index contributed by atoms with van der Waals surface area (Å²) in [5.41, 5.74) is 1.97. The maximum absolute atomic E-state index is 13.8. The van der Waals surface area contributed by atoms with Gasteiger partial charge >= 0.3 is 0 Å². The predicted octanol–water partition coefficient (Wildman–Crippen LogP) is 3.65. The summed E-state index contributed by atoms with van der Waals surface area (Å²) in [6, 6.07) is 7.76. The van der Waals surface area contributed by atoms with Crippen molar-refractivity contribution in [1.82, 2.24) is 5.32 Å². The minimum atomic E-state index is -0.926. The van der Waals surface area contributed by atoms with Crippen LogP contribution in [0.3, 0.4) is 0 Å². The molecular formula is C14H22FN. The molecule has 0 fully saturated rings. The van der Waals surface area contributed by atoms with Crippen LogP contribution in [0.2, 0.25) is 0 Å².